The third kappa shape index (κ3) is 3.74. The van der Waals surface area contributed by atoms with Crippen molar-refractivity contribution in [2.45, 2.75) is 64.6 Å². The first-order chi connectivity index (χ1) is 9.46. The van der Waals surface area contributed by atoms with Gasteiger partial charge in [-0.25, -0.2) is 8.42 Å². The summed E-state index contributed by atoms with van der Waals surface area (Å²) in [6, 6.07) is 1.24. The average molecular weight is 302 g/mol. The van der Waals surface area contributed by atoms with Crippen molar-refractivity contribution in [1.82, 2.24) is 10.2 Å². The monoisotopic (exact) mass is 302 g/mol. The van der Waals surface area contributed by atoms with E-state index in [1.165, 1.54) is 6.42 Å². The van der Waals surface area contributed by atoms with Gasteiger partial charge in [-0.15, -0.1) is 0 Å². The van der Waals surface area contributed by atoms with Crippen LogP contribution in [-0.4, -0.2) is 56.0 Å². The highest BCUT2D eigenvalue weighted by Crippen LogP contribution is 2.25. The third-order valence-corrected chi connectivity index (χ3v) is 7.01. The van der Waals surface area contributed by atoms with Crippen LogP contribution < -0.4 is 5.32 Å². The molecule has 4 atom stereocenters. The molecule has 0 amide bonds. The highest BCUT2D eigenvalue weighted by Gasteiger charge is 2.37. The standard InChI is InChI=1S/C15H30N2O2S/c1-4-12(3)15-10-17(13(5-2)9-16-15)14-7-6-8-20(18,19)11-14/h12-16H,4-11H2,1-3H3. The molecule has 0 spiro atoms. The van der Waals surface area contributed by atoms with Gasteiger partial charge in [0.2, 0.25) is 0 Å². The van der Waals surface area contributed by atoms with E-state index in [-0.39, 0.29) is 6.04 Å². The number of hydrogen-bond acceptors (Lipinski definition) is 4. The lowest BCUT2D eigenvalue weighted by molar-refractivity contribution is 0.0669. The molecule has 20 heavy (non-hydrogen) atoms. The quantitative estimate of drug-likeness (QED) is 0.858. The second-order valence-electron chi connectivity index (χ2n) is 6.57. The summed E-state index contributed by atoms with van der Waals surface area (Å²) < 4.78 is 23.9. The minimum atomic E-state index is -2.82. The Labute approximate surface area is 124 Å². The van der Waals surface area contributed by atoms with Crippen LogP contribution >= 0.6 is 0 Å². The fraction of sp³-hybridized carbons (Fsp3) is 1.00. The van der Waals surface area contributed by atoms with Gasteiger partial charge in [0.1, 0.15) is 0 Å². The van der Waals surface area contributed by atoms with E-state index in [2.05, 4.69) is 31.0 Å². The number of piperazine rings is 1. The Morgan fingerprint density at radius 2 is 2.10 bits per heavy atom. The average Bonchev–Trinajstić information content (AvgIpc) is 2.44. The Bertz CT molecular complexity index is 410. The highest BCUT2D eigenvalue weighted by molar-refractivity contribution is 7.91. The SMILES string of the molecule is CCC(C)C1CN(C2CCCS(=O)(=O)C2)C(CC)CN1. The van der Waals surface area contributed by atoms with Crippen LogP contribution in [0, 0.1) is 5.92 Å². The van der Waals surface area contributed by atoms with E-state index < -0.39 is 9.84 Å². The minimum Gasteiger partial charge on any atom is -0.311 e. The first-order valence-corrected chi connectivity index (χ1v) is 9.98. The molecule has 2 heterocycles. The molecular weight excluding hydrogens is 272 g/mol. The summed E-state index contributed by atoms with van der Waals surface area (Å²) in [6.07, 6.45) is 4.15. The number of nitrogens with zero attached hydrogens (tertiary/aromatic N) is 1. The first-order valence-electron chi connectivity index (χ1n) is 8.16. The van der Waals surface area contributed by atoms with E-state index in [0.717, 1.165) is 32.4 Å². The van der Waals surface area contributed by atoms with Gasteiger partial charge in [0, 0.05) is 31.2 Å². The first kappa shape index (κ1) is 16.2. The lowest BCUT2D eigenvalue weighted by Gasteiger charge is -2.46. The van der Waals surface area contributed by atoms with E-state index in [1.807, 2.05) is 0 Å². The Kier molecular flexibility index (Phi) is 5.49. The maximum Gasteiger partial charge on any atom is 0.151 e. The molecule has 2 aliphatic heterocycles. The van der Waals surface area contributed by atoms with Crippen LogP contribution in [0.25, 0.3) is 0 Å². The molecule has 2 saturated heterocycles. The van der Waals surface area contributed by atoms with Crippen molar-refractivity contribution in [3.8, 4) is 0 Å². The van der Waals surface area contributed by atoms with Crippen molar-refractivity contribution in [2.24, 2.45) is 5.92 Å². The van der Waals surface area contributed by atoms with Gasteiger partial charge in [-0.1, -0.05) is 27.2 Å². The van der Waals surface area contributed by atoms with Gasteiger partial charge in [-0.3, -0.25) is 4.90 Å². The van der Waals surface area contributed by atoms with Crippen LogP contribution in [-0.2, 0) is 9.84 Å². The molecular formula is C15H30N2O2S. The molecule has 2 aliphatic rings. The smallest absolute Gasteiger partial charge is 0.151 e. The molecule has 0 aromatic carbocycles. The van der Waals surface area contributed by atoms with Gasteiger partial charge in [-0.05, 0) is 25.2 Å². The van der Waals surface area contributed by atoms with Gasteiger partial charge in [0.05, 0.1) is 11.5 Å². The molecule has 0 bridgehead atoms. The van der Waals surface area contributed by atoms with Crippen molar-refractivity contribution in [1.29, 1.82) is 0 Å². The van der Waals surface area contributed by atoms with Crippen LogP contribution in [0.2, 0.25) is 0 Å². The number of rotatable bonds is 4. The van der Waals surface area contributed by atoms with Gasteiger partial charge in [0.15, 0.2) is 9.84 Å². The summed E-state index contributed by atoms with van der Waals surface area (Å²) in [5.41, 5.74) is 0. The van der Waals surface area contributed by atoms with Crippen molar-refractivity contribution < 1.29 is 8.42 Å². The Morgan fingerprint density at radius 1 is 1.35 bits per heavy atom. The Morgan fingerprint density at radius 3 is 2.70 bits per heavy atom. The maximum atomic E-state index is 11.9. The molecule has 4 unspecified atom stereocenters. The normalized spacial score (nSPS) is 36.6. The third-order valence-electron chi connectivity index (χ3n) is 5.20. The van der Waals surface area contributed by atoms with E-state index in [0.29, 0.717) is 29.5 Å². The summed E-state index contributed by atoms with van der Waals surface area (Å²) >= 11 is 0. The van der Waals surface area contributed by atoms with Crippen LogP contribution in [0.15, 0.2) is 0 Å². The van der Waals surface area contributed by atoms with E-state index in [1.54, 1.807) is 0 Å². The van der Waals surface area contributed by atoms with Crippen molar-refractivity contribution in [3.63, 3.8) is 0 Å². The van der Waals surface area contributed by atoms with Crippen LogP contribution in [0.3, 0.4) is 0 Å². The molecule has 1 N–H and O–H groups in total. The van der Waals surface area contributed by atoms with E-state index in [4.69, 9.17) is 0 Å². The fourth-order valence-corrected chi connectivity index (χ4v) is 5.31. The van der Waals surface area contributed by atoms with Crippen LogP contribution in [0.1, 0.15) is 46.5 Å². The zero-order valence-electron chi connectivity index (χ0n) is 13.1. The summed E-state index contributed by atoms with van der Waals surface area (Å²) in [6.45, 7) is 8.74. The predicted molar refractivity (Wildman–Crippen MR) is 83.7 cm³/mol. The minimum absolute atomic E-state index is 0.243. The van der Waals surface area contributed by atoms with Gasteiger partial charge in [0.25, 0.3) is 0 Å². The second kappa shape index (κ2) is 6.75. The fourth-order valence-electron chi connectivity index (χ4n) is 3.60. The molecule has 2 fully saturated rings. The molecule has 0 saturated carbocycles. The Balaban J connectivity index is 2.08. The van der Waals surface area contributed by atoms with Crippen LogP contribution in [0.5, 0.6) is 0 Å². The van der Waals surface area contributed by atoms with Gasteiger partial charge in [-0.2, -0.15) is 0 Å². The van der Waals surface area contributed by atoms with Crippen molar-refractivity contribution in [2.75, 3.05) is 24.6 Å². The molecule has 5 heteroatoms. The second-order valence-corrected chi connectivity index (χ2v) is 8.80. The summed E-state index contributed by atoms with van der Waals surface area (Å²) in [4.78, 5) is 2.50. The summed E-state index contributed by atoms with van der Waals surface area (Å²) in [5.74, 6) is 1.41. The Hall–Kier alpha value is -0.130. The zero-order valence-corrected chi connectivity index (χ0v) is 14.0. The van der Waals surface area contributed by atoms with Crippen LogP contribution in [0.4, 0.5) is 0 Å². The molecule has 0 aromatic rings. The zero-order chi connectivity index (χ0) is 14.8. The largest absolute Gasteiger partial charge is 0.311 e. The lowest BCUT2D eigenvalue weighted by atomic mass is 9.93. The predicted octanol–water partition coefficient (Wildman–Crippen LogP) is 1.66. The topological polar surface area (TPSA) is 49.4 Å². The van der Waals surface area contributed by atoms with Gasteiger partial charge < -0.3 is 5.32 Å². The van der Waals surface area contributed by atoms with E-state index >= 15 is 0 Å². The highest BCUT2D eigenvalue weighted by atomic mass is 32.2. The molecule has 0 aliphatic carbocycles. The number of nitrogens with one attached hydrogen (secondary N) is 1. The maximum absolute atomic E-state index is 11.9. The molecule has 118 valence electrons. The van der Waals surface area contributed by atoms with Gasteiger partial charge >= 0.3 is 0 Å². The summed E-state index contributed by atoms with van der Waals surface area (Å²) in [7, 11) is -2.82. The molecule has 0 aromatic heterocycles. The number of sulfone groups is 1. The molecule has 2 rings (SSSR count). The number of hydrogen-bond donors (Lipinski definition) is 1. The van der Waals surface area contributed by atoms with Crippen molar-refractivity contribution >= 4 is 9.84 Å². The summed E-state index contributed by atoms with van der Waals surface area (Å²) in [5, 5.41) is 3.67. The molecule has 0 radical (unpaired) electrons. The van der Waals surface area contributed by atoms with Crippen molar-refractivity contribution in [3.05, 3.63) is 0 Å². The molecule has 4 nitrogen and oxygen atoms in total. The van der Waals surface area contributed by atoms with E-state index in [9.17, 15) is 8.42 Å². The lowest BCUT2D eigenvalue weighted by Crippen LogP contribution is -2.62.